The van der Waals surface area contributed by atoms with Crippen molar-refractivity contribution in [2.24, 2.45) is 5.10 Å². The van der Waals surface area contributed by atoms with Gasteiger partial charge in [0.25, 0.3) is 5.69 Å². The van der Waals surface area contributed by atoms with Gasteiger partial charge in [-0.2, -0.15) is 5.10 Å². The number of hydrogen-bond acceptors (Lipinski definition) is 4. The molecule has 0 heterocycles. The molecule has 10 heteroatoms. The number of rotatable bonds is 4. The van der Waals surface area contributed by atoms with Crippen LogP contribution < -0.4 is 10.7 Å². The van der Waals surface area contributed by atoms with Crippen LogP contribution in [0.3, 0.4) is 0 Å². The lowest BCUT2D eigenvalue weighted by Crippen LogP contribution is -2.25. The number of nitro benzene ring substituents is 1. The van der Waals surface area contributed by atoms with Gasteiger partial charge >= 0.3 is 0 Å². The van der Waals surface area contributed by atoms with Crippen molar-refractivity contribution in [2.45, 2.75) is 6.92 Å². The van der Waals surface area contributed by atoms with Gasteiger partial charge in [-0.05, 0) is 43.4 Å². The van der Waals surface area contributed by atoms with Gasteiger partial charge < -0.3 is 5.32 Å². The lowest BCUT2D eigenvalue weighted by Gasteiger charge is -2.10. The van der Waals surface area contributed by atoms with Crippen molar-refractivity contribution in [3.8, 4) is 0 Å². The van der Waals surface area contributed by atoms with E-state index in [4.69, 9.17) is 47.0 Å². The quantitative estimate of drug-likeness (QED) is 0.307. The maximum absolute atomic E-state index is 10.9. The molecule has 0 aromatic heterocycles. The monoisotopic (exact) mass is 416 g/mol. The molecule has 0 bridgehead atoms. The van der Waals surface area contributed by atoms with Crippen LogP contribution in [-0.4, -0.2) is 15.7 Å². The maximum Gasteiger partial charge on any atom is 0.288 e. The smallest absolute Gasteiger partial charge is 0.288 e. The predicted octanol–water partition coefficient (Wildman–Crippen LogP) is 5.27. The first kappa shape index (κ1) is 19.4. The summed E-state index contributed by atoms with van der Waals surface area (Å²) in [6, 6.07) is 9.34. The van der Waals surface area contributed by atoms with Crippen molar-refractivity contribution in [3.05, 3.63) is 67.1 Å². The third kappa shape index (κ3) is 5.27. The minimum atomic E-state index is -0.554. The molecule has 2 aromatic carbocycles. The minimum Gasteiger partial charge on any atom is -0.330 e. The van der Waals surface area contributed by atoms with Gasteiger partial charge in [0.1, 0.15) is 5.02 Å². The average Bonchev–Trinajstić information content (AvgIpc) is 2.55. The predicted molar refractivity (Wildman–Crippen MR) is 106 cm³/mol. The number of benzene rings is 2. The number of nitrogens with zero attached hydrogens (tertiary/aromatic N) is 2. The number of hydrazone groups is 1. The third-order valence-electron chi connectivity index (χ3n) is 3.07. The fourth-order valence-electron chi connectivity index (χ4n) is 1.82. The van der Waals surface area contributed by atoms with Gasteiger partial charge in [0.05, 0.1) is 21.3 Å². The van der Waals surface area contributed by atoms with Crippen molar-refractivity contribution < 1.29 is 4.92 Å². The van der Waals surface area contributed by atoms with Gasteiger partial charge in [0.2, 0.25) is 0 Å². The number of nitro groups is 1. The van der Waals surface area contributed by atoms with E-state index in [0.717, 1.165) is 0 Å². The number of thiocarbonyl (C=S) groups is 1. The molecule has 0 fully saturated rings. The van der Waals surface area contributed by atoms with Crippen molar-refractivity contribution in [3.63, 3.8) is 0 Å². The van der Waals surface area contributed by atoms with Crippen LogP contribution in [0.1, 0.15) is 12.5 Å². The van der Waals surface area contributed by atoms with Gasteiger partial charge in [0.15, 0.2) is 5.11 Å². The highest BCUT2D eigenvalue weighted by Gasteiger charge is 2.13. The Morgan fingerprint density at radius 2 is 1.88 bits per heavy atom. The van der Waals surface area contributed by atoms with E-state index in [2.05, 4.69) is 15.8 Å². The summed E-state index contributed by atoms with van der Waals surface area (Å²) in [6.45, 7) is 1.68. The van der Waals surface area contributed by atoms with Gasteiger partial charge in [-0.3, -0.25) is 15.5 Å². The molecule has 2 rings (SSSR count). The molecule has 0 spiro atoms. The van der Waals surface area contributed by atoms with Gasteiger partial charge in [-0.25, -0.2) is 0 Å². The van der Waals surface area contributed by atoms with Crippen LogP contribution in [0.15, 0.2) is 41.5 Å². The third-order valence-corrected chi connectivity index (χ3v) is 4.13. The first-order valence-electron chi connectivity index (χ1n) is 6.78. The summed E-state index contributed by atoms with van der Waals surface area (Å²) in [7, 11) is 0. The summed E-state index contributed by atoms with van der Waals surface area (Å²) >= 11 is 22.8. The second kappa shape index (κ2) is 8.44. The first-order valence-corrected chi connectivity index (χ1v) is 8.33. The van der Waals surface area contributed by atoms with Gasteiger partial charge in [-0.15, -0.1) is 0 Å². The second-order valence-corrected chi connectivity index (χ2v) is 6.47. The normalized spacial score (nSPS) is 11.1. The van der Waals surface area contributed by atoms with Crippen molar-refractivity contribution >= 4 is 69.2 Å². The Hall–Kier alpha value is -1.93. The van der Waals surface area contributed by atoms with E-state index in [-0.39, 0.29) is 15.8 Å². The molecule has 0 radical (unpaired) electrons. The molecular formula is C15H11Cl3N4O2S. The maximum atomic E-state index is 10.9. The molecule has 130 valence electrons. The average molecular weight is 418 g/mol. The van der Waals surface area contributed by atoms with E-state index < -0.39 is 4.92 Å². The van der Waals surface area contributed by atoms with E-state index >= 15 is 0 Å². The molecule has 6 nitrogen and oxygen atoms in total. The van der Waals surface area contributed by atoms with Crippen LogP contribution in [0, 0.1) is 10.1 Å². The molecule has 2 N–H and O–H groups in total. The van der Waals surface area contributed by atoms with E-state index in [0.29, 0.717) is 27.0 Å². The number of halogens is 3. The largest absolute Gasteiger partial charge is 0.330 e. The molecular weight excluding hydrogens is 407 g/mol. The van der Waals surface area contributed by atoms with Gasteiger partial charge in [-0.1, -0.05) is 40.9 Å². The Morgan fingerprint density at radius 1 is 1.16 bits per heavy atom. The number of hydrogen-bond donors (Lipinski definition) is 2. The fraction of sp³-hybridized carbons (Fsp3) is 0.0667. The summed E-state index contributed by atoms with van der Waals surface area (Å²) in [4.78, 5) is 10.4. The lowest BCUT2D eigenvalue weighted by molar-refractivity contribution is -0.384. The highest BCUT2D eigenvalue weighted by atomic mass is 35.5. The Kier molecular flexibility index (Phi) is 6.55. The molecule has 2 aromatic rings. The second-order valence-electron chi connectivity index (χ2n) is 4.81. The molecule has 0 aliphatic rings. The van der Waals surface area contributed by atoms with Gasteiger partial charge in [0, 0.05) is 16.7 Å². The SMILES string of the molecule is CC(=NNC(=S)Nc1ccc(Cl)cc1Cl)c1ccc(Cl)c([N+](=O)[O-])c1. The van der Waals surface area contributed by atoms with Crippen LogP contribution in [-0.2, 0) is 0 Å². The van der Waals surface area contributed by atoms with Crippen molar-refractivity contribution in [2.75, 3.05) is 5.32 Å². The first-order chi connectivity index (χ1) is 11.8. The zero-order valence-corrected chi connectivity index (χ0v) is 15.8. The highest BCUT2D eigenvalue weighted by Crippen LogP contribution is 2.26. The van der Waals surface area contributed by atoms with Crippen LogP contribution in [0.5, 0.6) is 0 Å². The summed E-state index contributed by atoms with van der Waals surface area (Å²) in [6.07, 6.45) is 0. The Bertz CT molecular complexity index is 874. The van der Waals surface area contributed by atoms with Crippen LogP contribution in [0.2, 0.25) is 15.1 Å². The van der Waals surface area contributed by atoms with Crippen molar-refractivity contribution in [1.29, 1.82) is 0 Å². The molecule has 0 saturated heterocycles. The standard InChI is InChI=1S/C15H11Cl3N4O2S/c1-8(9-2-4-11(17)14(6-9)22(23)24)20-21-15(25)19-13-5-3-10(16)7-12(13)18/h2-7H,1H3,(H2,19,21,25). The van der Waals surface area contributed by atoms with Crippen LogP contribution >= 0.6 is 47.0 Å². The fourth-order valence-corrected chi connectivity index (χ4v) is 2.62. The van der Waals surface area contributed by atoms with Crippen LogP contribution in [0.25, 0.3) is 0 Å². The highest BCUT2D eigenvalue weighted by molar-refractivity contribution is 7.80. The summed E-state index contributed by atoms with van der Waals surface area (Å²) in [5.41, 5.74) is 4.05. The zero-order chi connectivity index (χ0) is 18.6. The summed E-state index contributed by atoms with van der Waals surface area (Å²) in [5.74, 6) is 0. The molecule has 0 aliphatic carbocycles. The minimum absolute atomic E-state index is 0.0593. The zero-order valence-electron chi connectivity index (χ0n) is 12.7. The van der Waals surface area contributed by atoms with E-state index in [1.165, 1.54) is 12.1 Å². The molecule has 0 atom stereocenters. The Balaban J connectivity index is 2.09. The number of anilines is 1. The summed E-state index contributed by atoms with van der Waals surface area (Å²) < 4.78 is 0. The molecule has 25 heavy (non-hydrogen) atoms. The van der Waals surface area contributed by atoms with E-state index in [9.17, 15) is 10.1 Å². The molecule has 0 saturated carbocycles. The Labute approximate surface area is 163 Å². The van der Waals surface area contributed by atoms with E-state index in [1.54, 1.807) is 31.2 Å². The molecule has 0 amide bonds. The molecule has 0 unspecified atom stereocenters. The van der Waals surface area contributed by atoms with Crippen molar-refractivity contribution in [1.82, 2.24) is 5.43 Å². The molecule has 0 aliphatic heterocycles. The lowest BCUT2D eigenvalue weighted by atomic mass is 10.1. The topological polar surface area (TPSA) is 79.6 Å². The Morgan fingerprint density at radius 3 is 2.52 bits per heavy atom. The van der Waals surface area contributed by atoms with Crippen LogP contribution in [0.4, 0.5) is 11.4 Å². The van der Waals surface area contributed by atoms with E-state index in [1.807, 2.05) is 0 Å². The number of nitrogens with one attached hydrogen (secondary N) is 2. The summed E-state index contributed by atoms with van der Waals surface area (Å²) in [5, 5.41) is 19.1.